The molecule has 410 valence electrons. The van der Waals surface area contributed by atoms with E-state index in [9.17, 15) is 19.8 Å². The number of amides is 1. The number of allylic oxidation sites excluding steroid dienone is 2. The lowest BCUT2D eigenvalue weighted by Crippen LogP contribution is -2.45. The number of nitrogens with one attached hydrogen (secondary N) is 1. The van der Waals surface area contributed by atoms with Crippen LogP contribution in [0.1, 0.15) is 354 Å². The average Bonchev–Trinajstić information content (AvgIpc) is 3.35. The second kappa shape index (κ2) is 59.2. The van der Waals surface area contributed by atoms with Crippen LogP contribution in [-0.2, 0) is 14.3 Å². The molecule has 0 aromatic rings. The van der Waals surface area contributed by atoms with Crippen LogP contribution >= 0.6 is 0 Å². The summed E-state index contributed by atoms with van der Waals surface area (Å²) in [6.45, 7) is 4.95. The molecule has 0 heterocycles. The maximum Gasteiger partial charge on any atom is 0.305 e. The third-order valence-corrected chi connectivity index (χ3v) is 14.8. The van der Waals surface area contributed by atoms with E-state index in [1.165, 1.54) is 250 Å². The summed E-state index contributed by atoms with van der Waals surface area (Å²) in [5.74, 6) is -0.0515. The molecule has 0 spiro atoms. The zero-order valence-electron chi connectivity index (χ0n) is 46.8. The number of aliphatic hydroxyl groups is 2. The van der Waals surface area contributed by atoms with E-state index in [1.807, 2.05) is 0 Å². The van der Waals surface area contributed by atoms with Crippen molar-refractivity contribution in [3.63, 3.8) is 0 Å². The minimum atomic E-state index is -0.674. The van der Waals surface area contributed by atoms with E-state index in [2.05, 4.69) is 31.3 Å². The lowest BCUT2D eigenvalue weighted by molar-refractivity contribution is -0.143. The number of hydrogen-bond acceptors (Lipinski definition) is 5. The Morgan fingerprint density at radius 2 is 0.681 bits per heavy atom. The van der Waals surface area contributed by atoms with Crippen LogP contribution < -0.4 is 5.32 Å². The fraction of sp³-hybridized carbons (Fsp3) is 0.937. The van der Waals surface area contributed by atoms with E-state index in [0.29, 0.717) is 25.9 Å². The minimum absolute atomic E-state index is 0.00546. The highest BCUT2D eigenvalue weighted by Gasteiger charge is 2.20. The van der Waals surface area contributed by atoms with Crippen molar-refractivity contribution in [1.29, 1.82) is 0 Å². The van der Waals surface area contributed by atoms with Crippen LogP contribution in [0.5, 0.6) is 0 Å². The molecule has 69 heavy (non-hydrogen) atoms. The van der Waals surface area contributed by atoms with Crippen molar-refractivity contribution in [2.45, 2.75) is 366 Å². The highest BCUT2D eigenvalue weighted by molar-refractivity contribution is 5.76. The molecule has 0 rings (SSSR count). The molecule has 0 aromatic heterocycles. The Bertz CT molecular complexity index is 1030. The van der Waals surface area contributed by atoms with Gasteiger partial charge in [-0.2, -0.15) is 0 Å². The largest absolute Gasteiger partial charge is 0.466 e. The fourth-order valence-corrected chi connectivity index (χ4v) is 9.99. The number of esters is 1. The standard InChI is InChI=1S/C63H123NO5/c1-3-5-7-9-11-13-15-17-19-21-22-23-24-25-27-31-35-39-43-47-51-55-61(66)60(59-65)64-62(67)56-52-48-44-40-36-32-28-26-30-34-38-42-46-50-54-58-69-63(68)57-53-49-45-41-37-33-29-20-18-16-14-12-10-8-6-4-2/h30,34,60-61,65-66H,3-29,31-33,35-59H2,1-2H3,(H,64,67)/b34-30-. The first-order valence-corrected chi connectivity index (χ1v) is 31.4. The van der Waals surface area contributed by atoms with Crippen molar-refractivity contribution in [1.82, 2.24) is 5.32 Å². The molecule has 0 saturated heterocycles. The Morgan fingerprint density at radius 1 is 0.391 bits per heavy atom. The van der Waals surface area contributed by atoms with E-state index in [4.69, 9.17) is 4.74 Å². The van der Waals surface area contributed by atoms with Crippen LogP contribution in [0.4, 0.5) is 0 Å². The highest BCUT2D eigenvalue weighted by atomic mass is 16.5. The molecule has 0 aliphatic carbocycles. The van der Waals surface area contributed by atoms with Crippen molar-refractivity contribution >= 4 is 11.9 Å². The molecule has 0 aromatic carbocycles. The first-order chi connectivity index (χ1) is 34.0. The molecule has 0 bridgehead atoms. The lowest BCUT2D eigenvalue weighted by atomic mass is 10.0. The molecular formula is C63H123NO5. The SMILES string of the molecule is CCCCCCCCCCCCCCCCCCCCCCCC(O)C(CO)NC(=O)CCCCCCCCC/C=C\CCCCCCOC(=O)CCCCCCCCCCCCCCCCCC. The molecule has 2 atom stereocenters. The van der Waals surface area contributed by atoms with Gasteiger partial charge in [0.2, 0.25) is 5.91 Å². The van der Waals surface area contributed by atoms with Gasteiger partial charge in [-0.1, -0.05) is 302 Å². The fourth-order valence-electron chi connectivity index (χ4n) is 9.99. The molecule has 6 heteroatoms. The molecule has 0 saturated carbocycles. The Morgan fingerprint density at radius 3 is 1.03 bits per heavy atom. The summed E-state index contributed by atoms with van der Waals surface area (Å²) >= 11 is 0. The number of hydrogen-bond donors (Lipinski definition) is 3. The molecule has 1 amide bonds. The first kappa shape index (κ1) is 67.6. The summed E-state index contributed by atoms with van der Waals surface area (Å²) < 4.78 is 5.48. The summed E-state index contributed by atoms with van der Waals surface area (Å²) in [5.41, 5.74) is 0. The van der Waals surface area contributed by atoms with Gasteiger partial charge in [0.1, 0.15) is 0 Å². The molecule has 0 radical (unpaired) electrons. The van der Waals surface area contributed by atoms with Gasteiger partial charge in [0, 0.05) is 12.8 Å². The molecule has 3 N–H and O–H groups in total. The van der Waals surface area contributed by atoms with E-state index in [-0.39, 0.29) is 18.5 Å². The topological polar surface area (TPSA) is 95.9 Å². The van der Waals surface area contributed by atoms with E-state index in [1.54, 1.807) is 0 Å². The normalized spacial score (nSPS) is 12.6. The van der Waals surface area contributed by atoms with Gasteiger partial charge >= 0.3 is 5.97 Å². The van der Waals surface area contributed by atoms with Crippen molar-refractivity contribution in [3.8, 4) is 0 Å². The second-order valence-electron chi connectivity index (χ2n) is 21.7. The van der Waals surface area contributed by atoms with E-state index in [0.717, 1.165) is 70.6 Å². The van der Waals surface area contributed by atoms with Gasteiger partial charge in [-0.25, -0.2) is 0 Å². The van der Waals surface area contributed by atoms with Crippen LogP contribution in [0.2, 0.25) is 0 Å². The summed E-state index contributed by atoms with van der Waals surface area (Å²) in [6.07, 6.45) is 70.7. The van der Waals surface area contributed by atoms with E-state index >= 15 is 0 Å². The van der Waals surface area contributed by atoms with Gasteiger partial charge in [0.05, 0.1) is 25.4 Å². The monoisotopic (exact) mass is 974 g/mol. The maximum absolute atomic E-state index is 12.5. The lowest BCUT2D eigenvalue weighted by Gasteiger charge is -2.22. The molecule has 0 aliphatic rings. The van der Waals surface area contributed by atoms with Crippen molar-refractivity contribution in [3.05, 3.63) is 12.2 Å². The van der Waals surface area contributed by atoms with Crippen molar-refractivity contribution < 1.29 is 24.5 Å². The van der Waals surface area contributed by atoms with Gasteiger partial charge in [0.15, 0.2) is 0 Å². The smallest absolute Gasteiger partial charge is 0.305 e. The van der Waals surface area contributed by atoms with Crippen LogP contribution in [0.15, 0.2) is 12.2 Å². The van der Waals surface area contributed by atoms with Crippen LogP contribution in [0.25, 0.3) is 0 Å². The predicted octanol–water partition coefficient (Wildman–Crippen LogP) is 19.6. The Labute approximate surface area is 431 Å². The van der Waals surface area contributed by atoms with Crippen LogP contribution in [0, 0.1) is 0 Å². The van der Waals surface area contributed by atoms with E-state index < -0.39 is 12.1 Å². The first-order valence-electron chi connectivity index (χ1n) is 31.4. The number of unbranched alkanes of at least 4 members (excludes halogenated alkanes) is 46. The zero-order valence-corrected chi connectivity index (χ0v) is 46.8. The van der Waals surface area contributed by atoms with Gasteiger partial charge in [-0.3, -0.25) is 9.59 Å². The number of carbonyl (C=O) groups excluding carboxylic acids is 2. The number of rotatable bonds is 59. The molecular weight excluding hydrogens is 851 g/mol. The van der Waals surface area contributed by atoms with Crippen LogP contribution in [-0.4, -0.2) is 47.4 Å². The summed E-state index contributed by atoms with van der Waals surface area (Å²) in [6, 6.07) is -0.553. The third kappa shape index (κ3) is 55.8. The molecule has 0 aliphatic heterocycles. The minimum Gasteiger partial charge on any atom is -0.466 e. The maximum atomic E-state index is 12.5. The average molecular weight is 975 g/mol. The van der Waals surface area contributed by atoms with Gasteiger partial charge in [0.25, 0.3) is 0 Å². The van der Waals surface area contributed by atoms with Crippen LogP contribution in [0.3, 0.4) is 0 Å². The summed E-state index contributed by atoms with van der Waals surface area (Å²) in [5, 5.41) is 23.4. The summed E-state index contributed by atoms with van der Waals surface area (Å²) in [4.78, 5) is 24.6. The Balaban J connectivity index is 3.45. The zero-order chi connectivity index (χ0) is 50.0. The number of carbonyl (C=O) groups is 2. The molecule has 6 nitrogen and oxygen atoms in total. The van der Waals surface area contributed by atoms with Crippen molar-refractivity contribution in [2.75, 3.05) is 13.2 Å². The number of aliphatic hydroxyl groups excluding tert-OH is 2. The predicted molar refractivity (Wildman–Crippen MR) is 301 cm³/mol. The quantitative estimate of drug-likeness (QED) is 0.0321. The summed E-state index contributed by atoms with van der Waals surface area (Å²) in [7, 11) is 0. The van der Waals surface area contributed by atoms with Crippen molar-refractivity contribution in [2.24, 2.45) is 0 Å². The van der Waals surface area contributed by atoms with Gasteiger partial charge < -0.3 is 20.3 Å². The van der Waals surface area contributed by atoms with Gasteiger partial charge in [-0.05, 0) is 51.4 Å². The molecule has 0 fully saturated rings. The molecule has 2 unspecified atom stereocenters. The number of ether oxygens (including phenoxy) is 1. The van der Waals surface area contributed by atoms with Gasteiger partial charge in [-0.15, -0.1) is 0 Å². The Hall–Kier alpha value is -1.40. The second-order valence-corrected chi connectivity index (χ2v) is 21.7. The Kier molecular flexibility index (Phi) is 58.0. The third-order valence-electron chi connectivity index (χ3n) is 14.8. The highest BCUT2D eigenvalue weighted by Crippen LogP contribution is 2.18.